The van der Waals surface area contributed by atoms with Crippen molar-refractivity contribution in [2.45, 2.75) is 12.6 Å². The predicted octanol–water partition coefficient (Wildman–Crippen LogP) is 2.96. The highest BCUT2D eigenvalue weighted by Crippen LogP contribution is 2.31. The third kappa shape index (κ3) is 7.35. The summed E-state index contributed by atoms with van der Waals surface area (Å²) < 4.78 is 45.1. The third-order valence-corrected chi connectivity index (χ3v) is 5.25. The number of carbonyl (C=O) groups is 4. The number of benzene rings is 2. The van der Waals surface area contributed by atoms with Crippen molar-refractivity contribution < 1.29 is 37.1 Å². The van der Waals surface area contributed by atoms with Gasteiger partial charge in [-0.2, -0.15) is 13.2 Å². The van der Waals surface area contributed by atoms with Crippen LogP contribution in [0.25, 0.3) is 0 Å². The zero-order chi connectivity index (χ0) is 28.0. The summed E-state index contributed by atoms with van der Waals surface area (Å²) >= 11 is 0. The van der Waals surface area contributed by atoms with Crippen LogP contribution in [0.4, 0.5) is 30.2 Å². The van der Waals surface area contributed by atoms with E-state index in [9.17, 15) is 32.3 Å². The molecule has 3 aromatic rings. The lowest BCUT2D eigenvalue weighted by Gasteiger charge is -2.10. The van der Waals surface area contributed by atoms with Crippen LogP contribution in [-0.4, -0.2) is 41.9 Å². The number of aromatic nitrogens is 1. The third-order valence-electron chi connectivity index (χ3n) is 5.25. The molecule has 0 aliphatic carbocycles. The van der Waals surface area contributed by atoms with Gasteiger partial charge in [0.15, 0.2) is 0 Å². The summed E-state index contributed by atoms with van der Waals surface area (Å²) in [6, 6.07) is 10.4. The second kappa shape index (κ2) is 11.5. The van der Waals surface area contributed by atoms with Gasteiger partial charge >= 0.3 is 12.1 Å². The van der Waals surface area contributed by atoms with E-state index in [-0.39, 0.29) is 35.6 Å². The van der Waals surface area contributed by atoms with E-state index in [4.69, 9.17) is 5.73 Å². The molecule has 0 bridgehead atoms. The van der Waals surface area contributed by atoms with Gasteiger partial charge in [0, 0.05) is 30.2 Å². The molecular weight excluding hydrogens is 507 g/mol. The minimum Gasteiger partial charge on any atom is -0.468 e. The molecule has 0 radical (unpaired) electrons. The van der Waals surface area contributed by atoms with Crippen LogP contribution in [0, 0.1) is 0 Å². The first kappa shape index (κ1) is 27.8. The Hall–Kier alpha value is -4.81. The van der Waals surface area contributed by atoms with Crippen LogP contribution in [0.3, 0.4) is 0 Å². The number of hydrogen-bond acceptors (Lipinski definition) is 6. The van der Waals surface area contributed by atoms with E-state index in [0.717, 1.165) is 12.1 Å². The van der Waals surface area contributed by atoms with Crippen molar-refractivity contribution in [1.29, 1.82) is 0 Å². The van der Waals surface area contributed by atoms with Crippen molar-refractivity contribution in [3.05, 3.63) is 77.1 Å². The Labute approximate surface area is 214 Å². The number of nitrogens with one attached hydrogen (secondary N) is 3. The number of halogens is 3. The molecule has 5 N–H and O–H groups in total. The highest BCUT2D eigenvalue weighted by molar-refractivity contribution is 6.07. The summed E-state index contributed by atoms with van der Waals surface area (Å²) in [5.41, 5.74) is 5.23. The van der Waals surface area contributed by atoms with Gasteiger partial charge in [0.05, 0.1) is 24.8 Å². The normalized spacial score (nSPS) is 11.0. The van der Waals surface area contributed by atoms with Crippen molar-refractivity contribution >= 4 is 40.8 Å². The number of rotatable bonds is 8. The summed E-state index contributed by atoms with van der Waals surface area (Å²) in [4.78, 5) is 48.5. The topological polar surface area (TPSA) is 145 Å². The zero-order valence-electron chi connectivity index (χ0n) is 20.3. The van der Waals surface area contributed by atoms with E-state index < -0.39 is 35.4 Å². The van der Waals surface area contributed by atoms with Crippen LogP contribution in [0.2, 0.25) is 0 Å². The number of ether oxygens (including phenoxy) is 1. The number of amides is 3. The first-order valence-corrected chi connectivity index (χ1v) is 11.0. The molecule has 0 aliphatic rings. The smallest absolute Gasteiger partial charge is 0.416 e. The Balaban J connectivity index is 1.67. The average molecular weight is 531 g/mol. The first-order valence-electron chi connectivity index (χ1n) is 11.0. The molecule has 0 atom stereocenters. The van der Waals surface area contributed by atoms with Gasteiger partial charge in [-0.3, -0.25) is 19.2 Å². The highest BCUT2D eigenvalue weighted by Gasteiger charge is 2.31. The summed E-state index contributed by atoms with van der Waals surface area (Å²) in [6.07, 6.45) is -3.29. The van der Waals surface area contributed by atoms with E-state index in [0.29, 0.717) is 17.3 Å². The molecule has 3 rings (SSSR count). The number of nitrogens with zero attached hydrogens (tertiary/aromatic N) is 1. The molecule has 0 unspecified atom stereocenters. The van der Waals surface area contributed by atoms with E-state index in [1.54, 1.807) is 31.3 Å². The number of aryl methyl sites for hydroxylation is 1. The van der Waals surface area contributed by atoms with Gasteiger partial charge in [-0.05, 0) is 42.0 Å². The molecule has 2 aromatic carbocycles. The van der Waals surface area contributed by atoms with Crippen LogP contribution in [0.5, 0.6) is 0 Å². The Kier molecular flexibility index (Phi) is 8.40. The molecule has 200 valence electrons. The molecule has 1 heterocycles. The number of hydrogen-bond donors (Lipinski definition) is 4. The number of nitrogens with two attached hydrogens (primary N) is 1. The highest BCUT2D eigenvalue weighted by atomic mass is 19.4. The van der Waals surface area contributed by atoms with Gasteiger partial charge < -0.3 is 31.0 Å². The minimum absolute atomic E-state index is 0.0406. The summed E-state index contributed by atoms with van der Waals surface area (Å²) in [7, 11) is 2.76. The summed E-state index contributed by atoms with van der Waals surface area (Å²) in [5, 5.41) is 7.56. The van der Waals surface area contributed by atoms with E-state index >= 15 is 0 Å². The van der Waals surface area contributed by atoms with Crippen LogP contribution in [0.1, 0.15) is 32.0 Å². The van der Waals surface area contributed by atoms with E-state index in [2.05, 4.69) is 20.7 Å². The zero-order valence-corrected chi connectivity index (χ0v) is 20.3. The quantitative estimate of drug-likeness (QED) is 0.260. The van der Waals surface area contributed by atoms with Gasteiger partial charge in [-0.1, -0.05) is 12.1 Å². The Morgan fingerprint density at radius 2 is 1.68 bits per heavy atom. The fourth-order valence-electron chi connectivity index (χ4n) is 3.45. The fourth-order valence-corrected chi connectivity index (χ4v) is 3.45. The number of anilines is 3. The fraction of sp³-hybridized carbons (Fsp3) is 0.200. The van der Waals surface area contributed by atoms with E-state index in [1.165, 1.54) is 23.9 Å². The predicted molar refractivity (Wildman–Crippen MR) is 132 cm³/mol. The second-order valence-electron chi connectivity index (χ2n) is 8.20. The van der Waals surface area contributed by atoms with Gasteiger partial charge in [0.2, 0.25) is 5.91 Å². The number of carbonyl (C=O) groups excluding carboxylic acids is 4. The first-order chi connectivity index (χ1) is 17.8. The van der Waals surface area contributed by atoms with Crippen molar-refractivity contribution in [2.24, 2.45) is 7.05 Å². The molecule has 3 amide bonds. The Bertz CT molecular complexity index is 1380. The molecule has 0 fully saturated rings. The Morgan fingerprint density at radius 1 is 0.974 bits per heavy atom. The van der Waals surface area contributed by atoms with Crippen LogP contribution < -0.4 is 21.7 Å². The lowest BCUT2D eigenvalue weighted by Crippen LogP contribution is -2.31. The molecule has 13 heteroatoms. The maximum atomic E-state index is 13.1. The average Bonchev–Trinajstić information content (AvgIpc) is 3.21. The maximum absolute atomic E-state index is 13.1. The minimum atomic E-state index is -4.67. The Morgan fingerprint density at radius 3 is 2.37 bits per heavy atom. The number of methoxy groups -OCH3 is 1. The van der Waals surface area contributed by atoms with Crippen molar-refractivity contribution in [2.75, 3.05) is 30.0 Å². The number of alkyl halides is 3. The second-order valence-corrected chi connectivity index (χ2v) is 8.20. The van der Waals surface area contributed by atoms with E-state index in [1.807, 2.05) is 0 Å². The standard InChI is InChI=1S/C25H24F3N5O5/c1-33-13-19(32-23(36)15-8-16(25(26,27)28)10-17(29)9-15)11-20(33)24(37)31-18-5-3-4-14(6-18)7-21(34)30-12-22(35)38-2/h3-6,8-11,13H,7,12,29H2,1-2H3,(H,30,34)(H,31,37)(H,32,36). The van der Waals surface area contributed by atoms with Crippen molar-refractivity contribution in [3.8, 4) is 0 Å². The maximum Gasteiger partial charge on any atom is 0.416 e. The van der Waals surface area contributed by atoms with Gasteiger partial charge in [0.25, 0.3) is 11.8 Å². The molecule has 0 spiro atoms. The molecular formula is C25H24F3N5O5. The summed E-state index contributed by atoms with van der Waals surface area (Å²) in [5.74, 6) is -2.37. The molecule has 0 saturated carbocycles. The lowest BCUT2D eigenvalue weighted by atomic mass is 10.1. The number of esters is 1. The monoisotopic (exact) mass is 531 g/mol. The lowest BCUT2D eigenvalue weighted by molar-refractivity contribution is -0.141. The molecule has 10 nitrogen and oxygen atoms in total. The van der Waals surface area contributed by atoms with Crippen LogP contribution >= 0.6 is 0 Å². The van der Waals surface area contributed by atoms with Gasteiger partial charge in [0.1, 0.15) is 12.2 Å². The largest absolute Gasteiger partial charge is 0.468 e. The van der Waals surface area contributed by atoms with Gasteiger partial charge in [-0.25, -0.2) is 0 Å². The van der Waals surface area contributed by atoms with Crippen molar-refractivity contribution in [1.82, 2.24) is 9.88 Å². The SMILES string of the molecule is COC(=O)CNC(=O)Cc1cccc(NC(=O)c2cc(NC(=O)c3cc(N)cc(C(F)(F)F)c3)cn2C)c1. The molecule has 0 saturated heterocycles. The van der Waals surface area contributed by atoms with Gasteiger partial charge in [-0.15, -0.1) is 0 Å². The van der Waals surface area contributed by atoms with Crippen LogP contribution in [-0.2, 0) is 34.0 Å². The number of nitrogen functional groups attached to an aromatic ring is 1. The summed E-state index contributed by atoms with van der Waals surface area (Å²) in [6.45, 7) is -0.265. The van der Waals surface area contributed by atoms with Crippen LogP contribution in [0.15, 0.2) is 54.7 Å². The molecule has 1 aromatic heterocycles. The molecule has 0 aliphatic heterocycles. The molecule has 38 heavy (non-hydrogen) atoms. The van der Waals surface area contributed by atoms with Crippen molar-refractivity contribution in [3.63, 3.8) is 0 Å².